The average Bonchev–Trinajstić information content (AvgIpc) is 3.42. The monoisotopic (exact) mass is 379 g/mol. The number of hydrogen-bond acceptors (Lipinski definition) is 6. The van der Waals surface area contributed by atoms with E-state index in [9.17, 15) is 9.59 Å². The van der Waals surface area contributed by atoms with Gasteiger partial charge in [-0.3, -0.25) is 14.9 Å². The van der Waals surface area contributed by atoms with Crippen molar-refractivity contribution in [3.05, 3.63) is 65.4 Å². The number of primary amides is 1. The zero-order valence-corrected chi connectivity index (χ0v) is 14.6. The summed E-state index contributed by atoms with van der Waals surface area (Å²) in [4.78, 5) is 30.6. The summed E-state index contributed by atoms with van der Waals surface area (Å²) in [5, 5.41) is 8.67. The first-order valence-electron chi connectivity index (χ1n) is 7.88. The summed E-state index contributed by atoms with van der Waals surface area (Å²) in [5.41, 5.74) is 7.82. The van der Waals surface area contributed by atoms with Gasteiger partial charge in [0.05, 0.1) is 5.69 Å². The topological polar surface area (TPSA) is 127 Å². The molecule has 27 heavy (non-hydrogen) atoms. The summed E-state index contributed by atoms with van der Waals surface area (Å²) < 4.78 is 5.23. The Morgan fingerprint density at radius 3 is 2.70 bits per heavy atom. The van der Waals surface area contributed by atoms with Crippen molar-refractivity contribution >= 4 is 28.3 Å². The molecule has 2 amide bonds. The molecule has 8 nitrogen and oxygen atoms in total. The van der Waals surface area contributed by atoms with Crippen molar-refractivity contribution in [2.24, 2.45) is 5.73 Å². The molecule has 4 N–H and O–H groups in total. The predicted molar refractivity (Wildman–Crippen MR) is 100 cm³/mol. The SMILES string of the molecule is NC(=O)c1cc(-c2csc(NC(=O)c3cc(-c4ccccc4)on3)n2)c[nH]1. The number of rotatable bonds is 5. The van der Waals surface area contributed by atoms with Crippen molar-refractivity contribution in [1.82, 2.24) is 15.1 Å². The summed E-state index contributed by atoms with van der Waals surface area (Å²) >= 11 is 1.26. The Morgan fingerprint density at radius 2 is 1.96 bits per heavy atom. The smallest absolute Gasteiger partial charge is 0.279 e. The zero-order valence-electron chi connectivity index (χ0n) is 13.8. The van der Waals surface area contributed by atoms with Crippen molar-refractivity contribution in [1.29, 1.82) is 0 Å². The molecule has 0 saturated heterocycles. The number of benzene rings is 1. The largest absolute Gasteiger partial charge is 0.364 e. The van der Waals surface area contributed by atoms with Crippen LogP contribution in [0.1, 0.15) is 21.0 Å². The average molecular weight is 379 g/mol. The van der Waals surface area contributed by atoms with Gasteiger partial charge >= 0.3 is 0 Å². The van der Waals surface area contributed by atoms with Crippen LogP contribution in [0.4, 0.5) is 5.13 Å². The Hall–Kier alpha value is -3.72. The Labute approximate surface area is 157 Å². The summed E-state index contributed by atoms with van der Waals surface area (Å²) in [6.07, 6.45) is 1.63. The molecule has 1 aromatic carbocycles. The summed E-state index contributed by atoms with van der Waals surface area (Å²) in [5.74, 6) is -0.467. The van der Waals surface area contributed by atoms with E-state index in [1.807, 2.05) is 30.3 Å². The minimum atomic E-state index is -0.551. The van der Waals surface area contributed by atoms with Crippen molar-refractivity contribution in [3.8, 4) is 22.6 Å². The van der Waals surface area contributed by atoms with Crippen LogP contribution in [-0.2, 0) is 0 Å². The second-order valence-electron chi connectivity index (χ2n) is 5.60. The van der Waals surface area contributed by atoms with Crippen LogP contribution in [0.5, 0.6) is 0 Å². The molecule has 4 rings (SSSR count). The molecule has 0 bridgehead atoms. The Balaban J connectivity index is 1.48. The van der Waals surface area contributed by atoms with E-state index in [1.165, 1.54) is 11.3 Å². The van der Waals surface area contributed by atoms with Crippen LogP contribution in [0.3, 0.4) is 0 Å². The minimum absolute atomic E-state index is 0.156. The quantitative estimate of drug-likeness (QED) is 0.491. The lowest BCUT2D eigenvalue weighted by Crippen LogP contribution is -2.11. The van der Waals surface area contributed by atoms with E-state index in [2.05, 4.69) is 20.4 Å². The van der Waals surface area contributed by atoms with Gasteiger partial charge in [0.1, 0.15) is 5.69 Å². The van der Waals surface area contributed by atoms with Crippen LogP contribution in [0.2, 0.25) is 0 Å². The fourth-order valence-corrected chi connectivity index (χ4v) is 3.14. The summed E-state index contributed by atoms with van der Waals surface area (Å²) in [6.45, 7) is 0. The number of amides is 2. The van der Waals surface area contributed by atoms with Crippen LogP contribution < -0.4 is 11.1 Å². The van der Waals surface area contributed by atoms with Crippen LogP contribution in [0, 0.1) is 0 Å². The normalized spacial score (nSPS) is 10.7. The molecule has 0 radical (unpaired) electrons. The van der Waals surface area contributed by atoms with Crippen molar-refractivity contribution in [3.63, 3.8) is 0 Å². The van der Waals surface area contributed by atoms with E-state index in [1.54, 1.807) is 23.7 Å². The number of nitrogens with zero attached hydrogens (tertiary/aromatic N) is 2. The molecule has 0 aliphatic carbocycles. The molecule has 0 saturated carbocycles. The van der Waals surface area contributed by atoms with Crippen molar-refractivity contribution < 1.29 is 14.1 Å². The standard InChI is InChI=1S/C18H13N5O3S/c19-16(24)12-6-11(8-20-12)14-9-27-18(21-14)22-17(25)13-7-15(26-23-13)10-4-2-1-3-5-10/h1-9,20H,(H2,19,24)(H,21,22,25). The van der Waals surface area contributed by atoms with Gasteiger partial charge < -0.3 is 15.2 Å². The molecule has 4 aromatic rings. The fraction of sp³-hybridized carbons (Fsp3) is 0. The first-order chi connectivity index (χ1) is 13.1. The van der Waals surface area contributed by atoms with Gasteiger partial charge in [-0.2, -0.15) is 0 Å². The van der Waals surface area contributed by atoms with Gasteiger partial charge in [0.2, 0.25) is 0 Å². The van der Waals surface area contributed by atoms with E-state index >= 15 is 0 Å². The van der Waals surface area contributed by atoms with Crippen molar-refractivity contribution in [2.45, 2.75) is 0 Å². The number of aromatic amines is 1. The predicted octanol–water partition coefficient (Wildman–Crippen LogP) is 3.14. The zero-order chi connectivity index (χ0) is 18.8. The molecule has 0 aliphatic rings. The molecule has 0 unspecified atom stereocenters. The van der Waals surface area contributed by atoms with Crippen LogP contribution in [-0.4, -0.2) is 26.9 Å². The van der Waals surface area contributed by atoms with Crippen molar-refractivity contribution in [2.75, 3.05) is 5.32 Å². The van der Waals surface area contributed by atoms with Crippen LogP contribution >= 0.6 is 11.3 Å². The number of nitrogens with two attached hydrogens (primary N) is 1. The van der Waals surface area contributed by atoms with E-state index in [0.29, 0.717) is 27.8 Å². The van der Waals surface area contributed by atoms with E-state index in [-0.39, 0.29) is 5.69 Å². The highest BCUT2D eigenvalue weighted by Crippen LogP contribution is 2.26. The van der Waals surface area contributed by atoms with E-state index < -0.39 is 11.8 Å². The van der Waals surface area contributed by atoms with Gasteiger partial charge in [0.15, 0.2) is 16.6 Å². The molecule has 0 spiro atoms. The van der Waals surface area contributed by atoms with Gasteiger partial charge in [-0.25, -0.2) is 4.98 Å². The van der Waals surface area contributed by atoms with Crippen LogP contribution in [0.25, 0.3) is 22.6 Å². The number of thiazole rings is 1. The maximum Gasteiger partial charge on any atom is 0.279 e. The molecular formula is C18H13N5O3S. The molecule has 3 heterocycles. The minimum Gasteiger partial charge on any atom is -0.364 e. The molecule has 134 valence electrons. The third-order valence-corrected chi connectivity index (χ3v) is 4.53. The van der Waals surface area contributed by atoms with E-state index in [4.69, 9.17) is 10.3 Å². The lowest BCUT2D eigenvalue weighted by atomic mass is 10.1. The number of nitrogens with one attached hydrogen (secondary N) is 2. The first-order valence-corrected chi connectivity index (χ1v) is 8.76. The maximum absolute atomic E-state index is 12.4. The summed E-state index contributed by atoms with van der Waals surface area (Å²) in [7, 11) is 0. The van der Waals surface area contributed by atoms with Gasteiger partial charge in [0, 0.05) is 28.8 Å². The maximum atomic E-state index is 12.4. The molecule has 0 aliphatic heterocycles. The van der Waals surface area contributed by atoms with Gasteiger partial charge in [0.25, 0.3) is 11.8 Å². The van der Waals surface area contributed by atoms with Gasteiger partial charge in [-0.05, 0) is 6.07 Å². The number of carbonyl (C=O) groups excluding carboxylic acids is 2. The number of aromatic nitrogens is 3. The highest BCUT2D eigenvalue weighted by Gasteiger charge is 2.16. The first kappa shape index (κ1) is 16.7. The van der Waals surface area contributed by atoms with Gasteiger partial charge in [-0.15, -0.1) is 11.3 Å². The second-order valence-corrected chi connectivity index (χ2v) is 6.46. The Morgan fingerprint density at radius 1 is 1.15 bits per heavy atom. The lowest BCUT2D eigenvalue weighted by Gasteiger charge is -1.96. The molecule has 0 fully saturated rings. The van der Waals surface area contributed by atoms with Gasteiger partial charge in [-0.1, -0.05) is 35.5 Å². The Kier molecular flexibility index (Phi) is 4.27. The lowest BCUT2D eigenvalue weighted by molar-refractivity contribution is 0.0993. The third kappa shape index (κ3) is 3.48. The fourth-order valence-electron chi connectivity index (χ4n) is 2.43. The number of hydrogen-bond donors (Lipinski definition) is 3. The Bertz CT molecular complexity index is 1110. The highest BCUT2D eigenvalue weighted by atomic mass is 32.1. The molecule has 0 atom stereocenters. The van der Waals surface area contributed by atoms with E-state index in [0.717, 1.165) is 5.56 Å². The highest BCUT2D eigenvalue weighted by molar-refractivity contribution is 7.14. The van der Waals surface area contributed by atoms with Crippen LogP contribution in [0.15, 0.2) is 58.6 Å². The second kappa shape index (κ2) is 6.89. The number of H-pyrrole nitrogens is 1. The third-order valence-electron chi connectivity index (χ3n) is 3.77. The summed E-state index contributed by atoms with van der Waals surface area (Å²) in [6, 6.07) is 12.6. The molecule has 9 heteroatoms. The molecular weight excluding hydrogens is 366 g/mol. The number of anilines is 1. The molecule has 3 aromatic heterocycles. The number of carbonyl (C=O) groups is 2.